The van der Waals surface area contributed by atoms with Crippen LogP contribution in [0.15, 0.2) is 11.6 Å². The minimum absolute atomic E-state index is 0.0185. The maximum atomic E-state index is 13.8. The summed E-state index contributed by atoms with van der Waals surface area (Å²) in [5.41, 5.74) is 7.77. The van der Waals surface area contributed by atoms with E-state index in [1.54, 1.807) is 5.57 Å². The van der Waals surface area contributed by atoms with Gasteiger partial charge in [0.05, 0.1) is 11.5 Å². The SMILES string of the molecule is C[C@H]1[C@H](C)CC[C@]2(C(=O)NCCN)CC[C@]3(C)C(=CC[C@@H]4[C@@]5(C)CC[C@H](O)C(C)(C)[C@@H]5CC[C@]43C)[C@H]12. The van der Waals surface area contributed by atoms with Crippen LogP contribution in [-0.4, -0.2) is 30.2 Å². The van der Waals surface area contributed by atoms with Gasteiger partial charge in [-0.3, -0.25) is 4.79 Å². The lowest BCUT2D eigenvalue weighted by Gasteiger charge is -2.71. The van der Waals surface area contributed by atoms with Gasteiger partial charge in [0.25, 0.3) is 0 Å². The summed E-state index contributed by atoms with van der Waals surface area (Å²) in [6.45, 7) is 18.4. The molecule has 0 radical (unpaired) electrons. The van der Waals surface area contributed by atoms with Crippen molar-refractivity contribution in [2.75, 3.05) is 13.1 Å². The topological polar surface area (TPSA) is 75.4 Å². The molecule has 0 aromatic rings. The highest BCUT2D eigenvalue weighted by Gasteiger charge is 2.69. The molecule has 10 atom stereocenters. The number of fused-ring (bicyclic) bond motifs is 7. The van der Waals surface area contributed by atoms with E-state index in [0.717, 1.165) is 44.9 Å². The first-order valence-electron chi connectivity index (χ1n) is 15.2. The molecular weight excluding hydrogens is 444 g/mol. The third-order valence-electron chi connectivity index (χ3n) is 13.9. The summed E-state index contributed by atoms with van der Waals surface area (Å²) in [5.74, 6) is 2.98. The van der Waals surface area contributed by atoms with Crippen molar-refractivity contribution in [2.45, 2.75) is 112 Å². The summed E-state index contributed by atoms with van der Waals surface area (Å²) in [6.07, 6.45) is 12.4. The predicted octanol–water partition coefficient (Wildman–Crippen LogP) is 6.08. The van der Waals surface area contributed by atoms with Gasteiger partial charge < -0.3 is 16.2 Å². The van der Waals surface area contributed by atoms with Crippen molar-refractivity contribution in [2.24, 2.45) is 62.4 Å². The zero-order valence-corrected chi connectivity index (χ0v) is 24.3. The lowest BCUT2D eigenvalue weighted by Crippen LogP contribution is -2.66. The molecule has 0 aromatic heterocycles. The van der Waals surface area contributed by atoms with Gasteiger partial charge >= 0.3 is 0 Å². The van der Waals surface area contributed by atoms with Crippen molar-refractivity contribution >= 4 is 5.91 Å². The molecule has 0 saturated heterocycles. The number of allylic oxidation sites excluding steroid dienone is 2. The van der Waals surface area contributed by atoms with Crippen LogP contribution in [-0.2, 0) is 4.79 Å². The molecule has 36 heavy (non-hydrogen) atoms. The maximum absolute atomic E-state index is 13.8. The normalized spacial score (nSPS) is 51.6. The molecule has 1 amide bonds. The second-order valence-electron chi connectivity index (χ2n) is 15.2. The Balaban J connectivity index is 1.58. The van der Waals surface area contributed by atoms with Crippen molar-refractivity contribution < 1.29 is 9.90 Å². The molecule has 0 bridgehead atoms. The molecule has 0 heterocycles. The number of aliphatic hydroxyl groups excluding tert-OH is 1. The summed E-state index contributed by atoms with van der Waals surface area (Å²) in [6, 6.07) is 0. The van der Waals surface area contributed by atoms with Crippen molar-refractivity contribution in [1.82, 2.24) is 5.32 Å². The van der Waals surface area contributed by atoms with Gasteiger partial charge in [0, 0.05) is 13.1 Å². The average Bonchev–Trinajstić information content (AvgIpc) is 2.83. The lowest BCUT2D eigenvalue weighted by atomic mass is 9.33. The van der Waals surface area contributed by atoms with Crippen LogP contribution in [0, 0.1) is 56.7 Å². The van der Waals surface area contributed by atoms with Gasteiger partial charge in [-0.2, -0.15) is 0 Å². The molecule has 5 aliphatic carbocycles. The van der Waals surface area contributed by atoms with Crippen LogP contribution in [0.25, 0.3) is 0 Å². The van der Waals surface area contributed by atoms with Gasteiger partial charge in [-0.1, -0.05) is 60.1 Å². The second kappa shape index (κ2) is 8.57. The Morgan fingerprint density at radius 2 is 1.72 bits per heavy atom. The van der Waals surface area contributed by atoms with E-state index in [4.69, 9.17) is 5.73 Å². The average molecular weight is 499 g/mol. The van der Waals surface area contributed by atoms with E-state index >= 15 is 0 Å². The number of carbonyl (C=O) groups excluding carboxylic acids is 1. The summed E-state index contributed by atoms with van der Waals surface area (Å²) >= 11 is 0. The summed E-state index contributed by atoms with van der Waals surface area (Å²) in [7, 11) is 0. The summed E-state index contributed by atoms with van der Waals surface area (Å²) in [4.78, 5) is 13.8. The first kappa shape index (κ1) is 26.7. The van der Waals surface area contributed by atoms with Crippen LogP contribution >= 0.6 is 0 Å². The number of amides is 1. The smallest absolute Gasteiger partial charge is 0.226 e. The number of hydrogen-bond donors (Lipinski definition) is 3. The molecule has 4 fully saturated rings. The fourth-order valence-corrected chi connectivity index (χ4v) is 11.2. The monoisotopic (exact) mass is 498 g/mol. The maximum Gasteiger partial charge on any atom is 0.226 e. The van der Waals surface area contributed by atoms with Crippen LogP contribution in [0.2, 0.25) is 0 Å². The van der Waals surface area contributed by atoms with Gasteiger partial charge in [-0.25, -0.2) is 0 Å². The van der Waals surface area contributed by atoms with Gasteiger partial charge in [0.1, 0.15) is 0 Å². The molecule has 4 saturated carbocycles. The van der Waals surface area contributed by atoms with E-state index in [2.05, 4.69) is 59.9 Å². The number of rotatable bonds is 3. The van der Waals surface area contributed by atoms with Gasteiger partial charge in [-0.05, 0) is 109 Å². The Labute approximate surface area is 220 Å². The molecule has 4 nitrogen and oxygen atoms in total. The standard InChI is InChI=1S/C32H54N2O2/c1-20-10-15-32(27(36)34-19-18-33)17-16-30(6)22(26(32)21(20)2)8-9-24-29(5)13-12-25(35)28(3,4)23(29)11-14-31(24,30)7/h8,20-21,23-26,35H,9-19,33H2,1-7H3,(H,34,36)/t20-,21+,23+,24-,25+,26+,29+,30-,31-,32+/m1/s1. The van der Waals surface area contributed by atoms with Gasteiger partial charge in [0.2, 0.25) is 5.91 Å². The van der Waals surface area contributed by atoms with Crippen molar-refractivity contribution in [3.63, 3.8) is 0 Å². The molecule has 4 N–H and O–H groups in total. The molecule has 0 unspecified atom stereocenters. The molecule has 0 aliphatic heterocycles. The number of carbonyl (C=O) groups is 1. The zero-order chi connectivity index (χ0) is 26.3. The fraction of sp³-hybridized carbons (Fsp3) is 0.906. The highest BCUT2D eigenvalue weighted by Crippen LogP contribution is 2.75. The highest BCUT2D eigenvalue weighted by molar-refractivity contribution is 5.84. The first-order valence-corrected chi connectivity index (χ1v) is 15.2. The molecule has 0 aromatic carbocycles. The molecule has 4 heteroatoms. The van der Waals surface area contributed by atoms with Crippen LogP contribution in [0.1, 0.15) is 106 Å². The minimum atomic E-state index is -0.270. The number of nitrogens with two attached hydrogens (primary N) is 1. The Morgan fingerprint density at radius 3 is 2.42 bits per heavy atom. The van der Waals surface area contributed by atoms with Gasteiger partial charge in [0.15, 0.2) is 0 Å². The quantitative estimate of drug-likeness (QED) is 0.413. The largest absolute Gasteiger partial charge is 0.393 e. The van der Waals surface area contributed by atoms with E-state index in [1.165, 1.54) is 12.8 Å². The second-order valence-corrected chi connectivity index (χ2v) is 15.2. The molecule has 204 valence electrons. The lowest BCUT2D eigenvalue weighted by molar-refractivity contribution is -0.204. The highest BCUT2D eigenvalue weighted by atomic mass is 16.3. The van der Waals surface area contributed by atoms with Crippen LogP contribution in [0.3, 0.4) is 0 Å². The Hall–Kier alpha value is -0.870. The minimum Gasteiger partial charge on any atom is -0.393 e. The fourth-order valence-electron chi connectivity index (χ4n) is 11.2. The van der Waals surface area contributed by atoms with Crippen molar-refractivity contribution in [3.8, 4) is 0 Å². The van der Waals surface area contributed by atoms with E-state index in [9.17, 15) is 9.90 Å². The first-order chi connectivity index (χ1) is 16.8. The van der Waals surface area contributed by atoms with Gasteiger partial charge in [-0.15, -0.1) is 0 Å². The van der Waals surface area contributed by atoms with E-state index in [-0.39, 0.29) is 39.1 Å². The zero-order valence-electron chi connectivity index (χ0n) is 24.3. The Morgan fingerprint density at radius 1 is 1.00 bits per heavy atom. The van der Waals surface area contributed by atoms with Crippen molar-refractivity contribution in [1.29, 1.82) is 0 Å². The van der Waals surface area contributed by atoms with E-state index < -0.39 is 0 Å². The summed E-state index contributed by atoms with van der Waals surface area (Å²) in [5, 5.41) is 14.2. The van der Waals surface area contributed by atoms with E-state index in [1.807, 2.05) is 0 Å². The third kappa shape index (κ3) is 3.28. The molecule has 5 aliphatic rings. The number of nitrogens with one attached hydrogen (secondary N) is 1. The summed E-state index contributed by atoms with van der Waals surface area (Å²) < 4.78 is 0. The Kier molecular flexibility index (Phi) is 6.36. The van der Waals surface area contributed by atoms with Crippen LogP contribution in [0.5, 0.6) is 0 Å². The Bertz CT molecular complexity index is 927. The molecule has 0 spiro atoms. The number of hydrogen-bond acceptors (Lipinski definition) is 3. The predicted molar refractivity (Wildman–Crippen MR) is 147 cm³/mol. The van der Waals surface area contributed by atoms with Crippen LogP contribution in [0.4, 0.5) is 0 Å². The number of aliphatic hydroxyl groups is 1. The van der Waals surface area contributed by atoms with E-state index in [0.29, 0.717) is 42.7 Å². The molecule has 5 rings (SSSR count). The van der Waals surface area contributed by atoms with Crippen molar-refractivity contribution in [3.05, 3.63) is 11.6 Å². The van der Waals surface area contributed by atoms with Crippen LogP contribution < -0.4 is 11.1 Å². The third-order valence-corrected chi connectivity index (χ3v) is 13.9. The molecular formula is C32H54N2O2.